The van der Waals surface area contributed by atoms with Crippen molar-refractivity contribution in [1.29, 1.82) is 0 Å². The van der Waals surface area contributed by atoms with Crippen LogP contribution < -0.4 is 10.2 Å². The van der Waals surface area contributed by atoms with Crippen molar-refractivity contribution in [2.45, 2.75) is 25.8 Å². The summed E-state index contributed by atoms with van der Waals surface area (Å²) in [4.78, 5) is 13.5. The van der Waals surface area contributed by atoms with Crippen LogP contribution in [0.4, 0.5) is 11.6 Å². The Morgan fingerprint density at radius 1 is 1.28 bits per heavy atom. The van der Waals surface area contributed by atoms with Gasteiger partial charge in [0, 0.05) is 32.2 Å². The Bertz CT molecular complexity index is 396. The van der Waals surface area contributed by atoms with Crippen LogP contribution in [0, 0.1) is 6.92 Å². The van der Waals surface area contributed by atoms with Gasteiger partial charge >= 0.3 is 0 Å². The summed E-state index contributed by atoms with van der Waals surface area (Å²) in [6, 6.07) is 2.73. The van der Waals surface area contributed by atoms with Gasteiger partial charge in [0.15, 0.2) is 0 Å². The van der Waals surface area contributed by atoms with E-state index in [2.05, 4.69) is 39.2 Å². The van der Waals surface area contributed by atoms with Gasteiger partial charge in [-0.2, -0.15) is 0 Å². The predicted molar refractivity (Wildman–Crippen MR) is 75.2 cm³/mol. The highest BCUT2D eigenvalue weighted by Crippen LogP contribution is 2.21. The lowest BCUT2D eigenvalue weighted by Gasteiger charge is -2.35. The molecule has 0 saturated carbocycles. The van der Waals surface area contributed by atoms with E-state index in [1.54, 1.807) is 0 Å². The molecule has 2 rings (SSSR count). The number of nitrogens with one attached hydrogen (secondary N) is 1. The molecule has 1 N–H and O–H groups in total. The second-order valence-corrected chi connectivity index (χ2v) is 5.09. The summed E-state index contributed by atoms with van der Waals surface area (Å²) in [5.41, 5.74) is 0. The van der Waals surface area contributed by atoms with Crippen molar-refractivity contribution in [2.24, 2.45) is 0 Å². The summed E-state index contributed by atoms with van der Waals surface area (Å²) in [6.07, 6.45) is 2.40. The summed E-state index contributed by atoms with van der Waals surface area (Å²) in [7, 11) is 6.21. The van der Waals surface area contributed by atoms with Crippen LogP contribution in [0.1, 0.15) is 18.7 Å². The predicted octanol–water partition coefficient (Wildman–Crippen LogP) is 1.36. The van der Waals surface area contributed by atoms with Crippen molar-refractivity contribution in [3.8, 4) is 0 Å². The van der Waals surface area contributed by atoms with Crippen LogP contribution >= 0.6 is 0 Å². The topological polar surface area (TPSA) is 44.3 Å². The van der Waals surface area contributed by atoms with Gasteiger partial charge in [-0.15, -0.1) is 0 Å². The van der Waals surface area contributed by atoms with Crippen LogP contribution in [-0.2, 0) is 0 Å². The van der Waals surface area contributed by atoms with Gasteiger partial charge in [0.2, 0.25) is 0 Å². The number of piperidine rings is 1. The SMILES string of the molecule is CNc1cc(N2CCC(N(C)C)CC2)nc(C)n1. The van der Waals surface area contributed by atoms with E-state index in [1.807, 2.05) is 20.0 Å². The largest absolute Gasteiger partial charge is 0.373 e. The molecule has 0 aliphatic carbocycles. The standard InChI is InChI=1S/C13H23N5/c1-10-15-12(14-2)9-13(16-10)18-7-5-11(6-8-18)17(3)4/h9,11H,5-8H2,1-4H3,(H,14,15,16). The number of anilines is 2. The maximum atomic E-state index is 4.54. The summed E-state index contributed by atoms with van der Waals surface area (Å²) in [6.45, 7) is 4.09. The molecule has 0 amide bonds. The van der Waals surface area contributed by atoms with E-state index < -0.39 is 0 Å². The van der Waals surface area contributed by atoms with Gasteiger partial charge in [-0.05, 0) is 33.9 Å². The lowest BCUT2D eigenvalue weighted by atomic mass is 10.0. The number of aryl methyl sites for hydroxylation is 1. The molecule has 0 bridgehead atoms. The van der Waals surface area contributed by atoms with Gasteiger partial charge in [-0.25, -0.2) is 9.97 Å². The molecule has 0 unspecified atom stereocenters. The first-order valence-electron chi connectivity index (χ1n) is 6.55. The first-order chi connectivity index (χ1) is 8.60. The van der Waals surface area contributed by atoms with E-state index in [-0.39, 0.29) is 0 Å². The minimum absolute atomic E-state index is 0.702. The monoisotopic (exact) mass is 249 g/mol. The van der Waals surface area contributed by atoms with Crippen LogP contribution in [0.3, 0.4) is 0 Å². The highest BCUT2D eigenvalue weighted by atomic mass is 15.2. The van der Waals surface area contributed by atoms with Gasteiger partial charge in [-0.3, -0.25) is 0 Å². The molecule has 1 aromatic heterocycles. The Morgan fingerprint density at radius 2 is 1.94 bits per heavy atom. The van der Waals surface area contributed by atoms with E-state index in [0.29, 0.717) is 6.04 Å². The molecule has 0 atom stereocenters. The zero-order chi connectivity index (χ0) is 13.1. The zero-order valence-electron chi connectivity index (χ0n) is 11.8. The molecule has 0 aromatic carbocycles. The minimum atomic E-state index is 0.702. The molecule has 18 heavy (non-hydrogen) atoms. The first-order valence-corrected chi connectivity index (χ1v) is 6.55. The van der Waals surface area contributed by atoms with Crippen molar-refractivity contribution >= 4 is 11.6 Å². The highest BCUT2D eigenvalue weighted by Gasteiger charge is 2.21. The highest BCUT2D eigenvalue weighted by molar-refractivity contribution is 5.49. The summed E-state index contributed by atoms with van der Waals surface area (Å²) >= 11 is 0. The molecule has 5 heteroatoms. The molecule has 1 aromatic rings. The van der Waals surface area contributed by atoms with Crippen LogP contribution in [0.5, 0.6) is 0 Å². The Balaban J connectivity index is 2.07. The zero-order valence-corrected chi connectivity index (χ0v) is 11.8. The molecule has 1 fully saturated rings. The van der Waals surface area contributed by atoms with E-state index in [9.17, 15) is 0 Å². The Morgan fingerprint density at radius 3 is 2.50 bits per heavy atom. The number of aromatic nitrogens is 2. The molecule has 5 nitrogen and oxygen atoms in total. The van der Waals surface area contributed by atoms with Gasteiger partial charge in [0.05, 0.1) is 0 Å². The van der Waals surface area contributed by atoms with E-state index in [1.165, 1.54) is 12.8 Å². The van der Waals surface area contributed by atoms with Crippen molar-refractivity contribution in [3.05, 3.63) is 11.9 Å². The molecule has 1 saturated heterocycles. The molecular formula is C13H23N5. The fraction of sp³-hybridized carbons (Fsp3) is 0.692. The van der Waals surface area contributed by atoms with Crippen LogP contribution in [0.2, 0.25) is 0 Å². The van der Waals surface area contributed by atoms with Crippen LogP contribution in [-0.4, -0.2) is 55.1 Å². The smallest absolute Gasteiger partial charge is 0.134 e. The van der Waals surface area contributed by atoms with E-state index >= 15 is 0 Å². The summed E-state index contributed by atoms with van der Waals surface area (Å²) < 4.78 is 0. The molecule has 1 aliphatic heterocycles. The second-order valence-electron chi connectivity index (χ2n) is 5.09. The molecule has 1 aliphatic rings. The molecule has 100 valence electrons. The lowest BCUT2D eigenvalue weighted by molar-refractivity contribution is 0.249. The molecular weight excluding hydrogens is 226 g/mol. The maximum Gasteiger partial charge on any atom is 0.134 e. The number of hydrogen-bond donors (Lipinski definition) is 1. The summed E-state index contributed by atoms with van der Waals surface area (Å²) in [5, 5.41) is 3.09. The Kier molecular flexibility index (Phi) is 4.01. The van der Waals surface area contributed by atoms with Gasteiger partial charge in [-0.1, -0.05) is 0 Å². The quantitative estimate of drug-likeness (QED) is 0.876. The Hall–Kier alpha value is -1.36. The molecule has 0 radical (unpaired) electrons. The fourth-order valence-electron chi connectivity index (χ4n) is 2.45. The van der Waals surface area contributed by atoms with E-state index in [4.69, 9.17) is 0 Å². The number of nitrogens with zero attached hydrogens (tertiary/aromatic N) is 4. The second kappa shape index (κ2) is 5.52. The Labute approximate surface area is 109 Å². The first kappa shape index (κ1) is 13.1. The fourth-order valence-corrected chi connectivity index (χ4v) is 2.45. The van der Waals surface area contributed by atoms with Gasteiger partial charge in [0.1, 0.15) is 17.5 Å². The van der Waals surface area contributed by atoms with Crippen molar-refractivity contribution in [3.63, 3.8) is 0 Å². The average molecular weight is 249 g/mol. The third kappa shape index (κ3) is 2.90. The number of hydrogen-bond acceptors (Lipinski definition) is 5. The average Bonchev–Trinajstić information content (AvgIpc) is 2.38. The van der Waals surface area contributed by atoms with Crippen molar-refractivity contribution < 1.29 is 0 Å². The van der Waals surface area contributed by atoms with Gasteiger partial charge in [0.25, 0.3) is 0 Å². The molecule has 0 spiro atoms. The van der Waals surface area contributed by atoms with Crippen molar-refractivity contribution in [1.82, 2.24) is 14.9 Å². The molecule has 2 heterocycles. The van der Waals surface area contributed by atoms with Crippen LogP contribution in [0.15, 0.2) is 6.07 Å². The maximum absolute atomic E-state index is 4.54. The third-order valence-corrected chi connectivity index (χ3v) is 3.60. The lowest BCUT2D eigenvalue weighted by Crippen LogP contribution is -2.42. The third-order valence-electron chi connectivity index (χ3n) is 3.60. The number of rotatable bonds is 3. The van der Waals surface area contributed by atoms with E-state index in [0.717, 1.165) is 30.5 Å². The normalized spacial score (nSPS) is 17.3. The summed E-state index contributed by atoms with van der Waals surface area (Å²) in [5.74, 6) is 2.77. The van der Waals surface area contributed by atoms with Crippen LogP contribution in [0.25, 0.3) is 0 Å². The van der Waals surface area contributed by atoms with Crippen molar-refractivity contribution in [2.75, 3.05) is 44.4 Å². The van der Waals surface area contributed by atoms with Gasteiger partial charge < -0.3 is 15.1 Å². The minimum Gasteiger partial charge on any atom is -0.373 e.